The molecule has 2 heterocycles. The maximum Gasteiger partial charge on any atom is 0.225 e. The lowest BCUT2D eigenvalue weighted by Crippen LogP contribution is -2.47. The van der Waals surface area contributed by atoms with Crippen molar-refractivity contribution in [1.82, 2.24) is 10.2 Å². The molecular weight excluding hydrogens is 377 g/mol. The Morgan fingerprint density at radius 1 is 1.28 bits per heavy atom. The summed E-state index contributed by atoms with van der Waals surface area (Å²) < 4.78 is 0. The van der Waals surface area contributed by atoms with Gasteiger partial charge in [-0.25, -0.2) is 0 Å². The maximum absolute atomic E-state index is 12.7. The van der Waals surface area contributed by atoms with Crippen LogP contribution in [0, 0.1) is 17.8 Å². The van der Waals surface area contributed by atoms with E-state index in [9.17, 15) is 4.79 Å². The van der Waals surface area contributed by atoms with Gasteiger partial charge in [-0.2, -0.15) is 0 Å². The van der Waals surface area contributed by atoms with Crippen LogP contribution in [0.15, 0.2) is 17.5 Å². The Morgan fingerprint density at radius 2 is 2.00 bits per heavy atom. The van der Waals surface area contributed by atoms with E-state index in [2.05, 4.69) is 27.7 Å². The number of thiophene rings is 1. The summed E-state index contributed by atoms with van der Waals surface area (Å²) in [6.07, 6.45) is 6.12. The first-order valence-electron chi connectivity index (χ1n) is 9.05. The van der Waals surface area contributed by atoms with Crippen LogP contribution in [0.1, 0.15) is 43.0 Å². The van der Waals surface area contributed by atoms with Gasteiger partial charge in [0.1, 0.15) is 0 Å². The Hall–Kier alpha value is -0.330. The molecule has 1 aliphatic heterocycles. The van der Waals surface area contributed by atoms with E-state index in [0.717, 1.165) is 19.6 Å². The Bertz CT molecular complexity index is 549. The summed E-state index contributed by atoms with van der Waals surface area (Å²) in [7, 11) is 0. The molecule has 3 N–H and O–H groups in total. The number of nitrogens with two attached hydrogens (primary N) is 1. The number of nitrogens with one attached hydrogen (secondary N) is 1. The summed E-state index contributed by atoms with van der Waals surface area (Å²) in [6, 6.07) is 4.72. The van der Waals surface area contributed by atoms with Gasteiger partial charge in [0, 0.05) is 17.5 Å². The van der Waals surface area contributed by atoms with Gasteiger partial charge < -0.3 is 11.1 Å². The highest BCUT2D eigenvalue weighted by atomic mass is 35.5. The van der Waals surface area contributed by atoms with Crippen molar-refractivity contribution in [2.24, 2.45) is 23.5 Å². The monoisotopic (exact) mass is 405 g/mol. The first kappa shape index (κ1) is 21.0. The summed E-state index contributed by atoms with van der Waals surface area (Å²) in [5.74, 6) is 1.37. The van der Waals surface area contributed by atoms with Crippen LogP contribution in [0.3, 0.4) is 0 Å². The fourth-order valence-electron chi connectivity index (χ4n) is 4.98. The molecule has 3 aliphatic rings. The molecule has 1 aromatic heterocycles. The predicted octanol–water partition coefficient (Wildman–Crippen LogP) is 3.22. The Morgan fingerprint density at radius 3 is 2.60 bits per heavy atom. The van der Waals surface area contributed by atoms with Crippen molar-refractivity contribution in [2.75, 3.05) is 19.6 Å². The highest BCUT2D eigenvalue weighted by Gasteiger charge is 2.49. The minimum Gasteiger partial charge on any atom is -0.354 e. The van der Waals surface area contributed by atoms with E-state index < -0.39 is 0 Å². The number of carbonyl (C=O) groups excluding carboxylic acids is 1. The van der Waals surface area contributed by atoms with Gasteiger partial charge in [0.2, 0.25) is 5.91 Å². The standard InChI is InChI=1S/C18H27N3OS.2ClH/c19-17-13-6-5-12(10-13)16(17)18(22)20-11-14(15-4-3-9-23-15)21-7-1-2-8-21;;/h3-4,9,12-14,16-17H,1-2,5-8,10-11,19H2,(H,20,22);2*1H. The minimum atomic E-state index is 0. The molecule has 142 valence electrons. The molecule has 25 heavy (non-hydrogen) atoms. The second-order valence-corrected chi connectivity index (χ2v) is 8.44. The highest BCUT2D eigenvalue weighted by Crippen LogP contribution is 2.47. The number of carbonyl (C=O) groups is 1. The van der Waals surface area contributed by atoms with Gasteiger partial charge in [0.15, 0.2) is 0 Å². The molecule has 2 aliphatic carbocycles. The molecule has 7 heteroatoms. The molecule has 0 aromatic carbocycles. The van der Waals surface area contributed by atoms with Crippen LogP contribution >= 0.6 is 36.2 Å². The van der Waals surface area contributed by atoms with Crippen LogP contribution in [-0.2, 0) is 4.79 Å². The first-order chi connectivity index (χ1) is 11.2. The quantitative estimate of drug-likeness (QED) is 0.790. The zero-order valence-electron chi connectivity index (χ0n) is 14.4. The number of fused-ring (bicyclic) bond motifs is 2. The third kappa shape index (κ3) is 4.16. The molecule has 5 atom stereocenters. The van der Waals surface area contributed by atoms with Crippen LogP contribution in [0.2, 0.25) is 0 Å². The molecule has 1 aromatic rings. The van der Waals surface area contributed by atoms with Crippen molar-refractivity contribution in [3.63, 3.8) is 0 Å². The number of hydrogen-bond donors (Lipinski definition) is 2. The van der Waals surface area contributed by atoms with Crippen LogP contribution in [-0.4, -0.2) is 36.5 Å². The molecule has 2 bridgehead atoms. The van der Waals surface area contributed by atoms with Gasteiger partial charge in [0.25, 0.3) is 0 Å². The lowest BCUT2D eigenvalue weighted by Gasteiger charge is -2.30. The Labute approximate surface area is 166 Å². The molecule has 1 saturated heterocycles. The van der Waals surface area contributed by atoms with Crippen LogP contribution in [0.5, 0.6) is 0 Å². The van der Waals surface area contributed by atoms with E-state index in [1.807, 2.05) is 0 Å². The topological polar surface area (TPSA) is 58.4 Å². The van der Waals surface area contributed by atoms with E-state index in [1.54, 1.807) is 11.3 Å². The summed E-state index contributed by atoms with van der Waals surface area (Å²) in [5.41, 5.74) is 6.32. The fraction of sp³-hybridized carbons (Fsp3) is 0.722. The van der Waals surface area contributed by atoms with Crippen molar-refractivity contribution >= 4 is 42.1 Å². The molecule has 0 spiro atoms. The molecule has 3 fully saturated rings. The largest absolute Gasteiger partial charge is 0.354 e. The molecule has 4 nitrogen and oxygen atoms in total. The van der Waals surface area contributed by atoms with E-state index in [4.69, 9.17) is 5.73 Å². The second kappa shape index (κ2) is 9.05. The number of hydrogen-bond acceptors (Lipinski definition) is 4. The SMILES string of the molecule is Cl.Cl.NC1C2CCC(C2)C1C(=O)NCC(c1cccs1)N1CCCC1. The molecular formula is C18H29Cl2N3OS. The van der Waals surface area contributed by atoms with Crippen LogP contribution in [0.4, 0.5) is 0 Å². The average Bonchev–Trinajstić information content (AvgIpc) is 3.32. The van der Waals surface area contributed by atoms with Gasteiger partial charge in [-0.15, -0.1) is 36.2 Å². The zero-order chi connectivity index (χ0) is 15.8. The highest BCUT2D eigenvalue weighted by molar-refractivity contribution is 7.10. The number of halogens is 2. The molecule has 1 amide bonds. The normalized spacial score (nSPS) is 32.0. The summed E-state index contributed by atoms with van der Waals surface area (Å²) in [5, 5.41) is 5.38. The number of nitrogens with zero attached hydrogens (tertiary/aromatic N) is 1. The van der Waals surface area contributed by atoms with Gasteiger partial charge in [0.05, 0.1) is 12.0 Å². The maximum atomic E-state index is 12.7. The number of rotatable bonds is 5. The van der Waals surface area contributed by atoms with Gasteiger partial charge in [-0.1, -0.05) is 6.07 Å². The van der Waals surface area contributed by atoms with E-state index in [1.165, 1.54) is 37.0 Å². The number of amides is 1. The van der Waals surface area contributed by atoms with Crippen molar-refractivity contribution in [2.45, 2.75) is 44.2 Å². The first-order valence-corrected chi connectivity index (χ1v) is 9.93. The summed E-state index contributed by atoms with van der Waals surface area (Å²) in [4.78, 5) is 16.6. The van der Waals surface area contributed by atoms with Crippen molar-refractivity contribution < 1.29 is 4.79 Å². The second-order valence-electron chi connectivity index (χ2n) is 7.46. The predicted molar refractivity (Wildman–Crippen MR) is 108 cm³/mol. The zero-order valence-corrected chi connectivity index (χ0v) is 16.9. The third-order valence-corrected chi connectivity index (χ3v) is 7.18. The lowest BCUT2D eigenvalue weighted by atomic mass is 9.84. The Balaban J connectivity index is 0.00000113. The Kier molecular flexibility index (Phi) is 7.59. The van der Waals surface area contributed by atoms with Gasteiger partial charge in [-0.05, 0) is 68.5 Å². The minimum absolute atomic E-state index is 0. The molecule has 5 unspecified atom stereocenters. The van der Waals surface area contributed by atoms with Crippen molar-refractivity contribution in [3.05, 3.63) is 22.4 Å². The molecule has 0 radical (unpaired) electrons. The van der Waals surface area contributed by atoms with E-state index in [-0.39, 0.29) is 42.7 Å². The smallest absolute Gasteiger partial charge is 0.225 e. The lowest BCUT2D eigenvalue weighted by molar-refractivity contribution is -0.127. The summed E-state index contributed by atoms with van der Waals surface area (Å²) >= 11 is 1.80. The fourth-order valence-corrected chi connectivity index (χ4v) is 5.84. The van der Waals surface area contributed by atoms with E-state index >= 15 is 0 Å². The average molecular weight is 406 g/mol. The van der Waals surface area contributed by atoms with Crippen molar-refractivity contribution in [1.29, 1.82) is 0 Å². The van der Waals surface area contributed by atoms with Crippen molar-refractivity contribution in [3.8, 4) is 0 Å². The summed E-state index contributed by atoms with van der Waals surface area (Å²) in [6.45, 7) is 3.01. The third-order valence-electron chi connectivity index (χ3n) is 6.21. The number of likely N-dealkylation sites (tertiary alicyclic amines) is 1. The van der Waals surface area contributed by atoms with Crippen LogP contribution < -0.4 is 11.1 Å². The van der Waals surface area contributed by atoms with Gasteiger partial charge >= 0.3 is 0 Å². The van der Waals surface area contributed by atoms with Crippen LogP contribution in [0.25, 0.3) is 0 Å². The molecule has 4 rings (SSSR count). The molecule has 2 saturated carbocycles. The van der Waals surface area contributed by atoms with Gasteiger partial charge in [-0.3, -0.25) is 9.69 Å². The van der Waals surface area contributed by atoms with E-state index in [0.29, 0.717) is 17.9 Å².